The smallest absolute Gasteiger partial charge is 0.412 e. The normalized spacial score (nSPS) is 12.6. The molecule has 0 saturated carbocycles. The number of carbonyl (C=O) groups excluding carboxylic acids is 2. The average Bonchev–Trinajstić information content (AvgIpc) is 2.76. The molecule has 0 bridgehead atoms. The Morgan fingerprint density at radius 1 is 1.06 bits per heavy atom. The van der Waals surface area contributed by atoms with Crippen LogP contribution in [0.4, 0.5) is 10.5 Å². The summed E-state index contributed by atoms with van der Waals surface area (Å²) in [4.78, 5) is 24.0. The van der Waals surface area contributed by atoms with Gasteiger partial charge in [-0.3, -0.25) is 10.1 Å². The molecule has 31 heavy (non-hydrogen) atoms. The number of anilines is 1. The standard InChI is InChI=1S/C23H29NO7/c1-3-29-21(11-12-25)22(18-5-4-6-20(15-18)30-14-13-26)31-23(28)24-19-9-7-17(8-10-19)16(2)27/h4-10,15,21-22,25-26H,3,11-14H2,1-2H3,(H,24,28)/t21-,22-/m0/s1. The summed E-state index contributed by atoms with van der Waals surface area (Å²) in [5, 5.41) is 21.1. The van der Waals surface area contributed by atoms with Crippen LogP contribution >= 0.6 is 0 Å². The number of aliphatic hydroxyl groups is 2. The van der Waals surface area contributed by atoms with Gasteiger partial charge in [0.2, 0.25) is 0 Å². The fraction of sp³-hybridized carbons (Fsp3) is 0.391. The van der Waals surface area contributed by atoms with E-state index in [1.165, 1.54) is 6.92 Å². The van der Waals surface area contributed by atoms with Crippen molar-refractivity contribution in [2.45, 2.75) is 32.5 Å². The van der Waals surface area contributed by atoms with Gasteiger partial charge in [-0.2, -0.15) is 0 Å². The molecule has 8 heteroatoms. The minimum Gasteiger partial charge on any atom is -0.491 e. The van der Waals surface area contributed by atoms with Crippen LogP contribution in [0.2, 0.25) is 0 Å². The van der Waals surface area contributed by atoms with E-state index in [0.717, 1.165) is 0 Å². The Balaban J connectivity index is 2.21. The Bertz CT molecular complexity index is 832. The van der Waals surface area contributed by atoms with Crippen LogP contribution < -0.4 is 10.1 Å². The molecule has 0 fully saturated rings. The molecule has 2 atom stereocenters. The van der Waals surface area contributed by atoms with Gasteiger partial charge in [0.25, 0.3) is 0 Å². The second kappa shape index (κ2) is 12.7. The molecule has 0 aliphatic carbocycles. The first-order valence-electron chi connectivity index (χ1n) is 10.1. The van der Waals surface area contributed by atoms with Crippen LogP contribution in [0.5, 0.6) is 5.75 Å². The van der Waals surface area contributed by atoms with Crippen molar-refractivity contribution in [3.8, 4) is 5.75 Å². The van der Waals surface area contributed by atoms with Gasteiger partial charge in [0.05, 0.1) is 6.61 Å². The molecule has 1 amide bonds. The monoisotopic (exact) mass is 431 g/mol. The average molecular weight is 431 g/mol. The van der Waals surface area contributed by atoms with Crippen molar-refractivity contribution in [2.75, 3.05) is 31.7 Å². The van der Waals surface area contributed by atoms with Crippen molar-refractivity contribution in [3.05, 3.63) is 59.7 Å². The molecule has 0 heterocycles. The van der Waals surface area contributed by atoms with E-state index >= 15 is 0 Å². The highest BCUT2D eigenvalue weighted by atomic mass is 16.6. The first kappa shape index (κ1) is 24.3. The van der Waals surface area contributed by atoms with E-state index in [1.807, 2.05) is 6.92 Å². The highest BCUT2D eigenvalue weighted by Gasteiger charge is 2.28. The molecule has 0 radical (unpaired) electrons. The van der Waals surface area contributed by atoms with Crippen LogP contribution in [0.1, 0.15) is 42.3 Å². The third-order valence-electron chi connectivity index (χ3n) is 4.45. The van der Waals surface area contributed by atoms with Crippen LogP contribution in [0, 0.1) is 0 Å². The number of benzene rings is 2. The fourth-order valence-corrected chi connectivity index (χ4v) is 3.02. The Morgan fingerprint density at radius 3 is 2.42 bits per heavy atom. The highest BCUT2D eigenvalue weighted by molar-refractivity contribution is 5.95. The van der Waals surface area contributed by atoms with Crippen molar-refractivity contribution in [3.63, 3.8) is 0 Å². The van der Waals surface area contributed by atoms with Crippen LogP contribution in [0.25, 0.3) is 0 Å². The lowest BCUT2D eigenvalue weighted by molar-refractivity contribution is -0.0484. The third-order valence-corrected chi connectivity index (χ3v) is 4.45. The zero-order valence-electron chi connectivity index (χ0n) is 17.7. The summed E-state index contributed by atoms with van der Waals surface area (Å²) in [7, 11) is 0. The molecular weight excluding hydrogens is 402 g/mol. The fourth-order valence-electron chi connectivity index (χ4n) is 3.02. The van der Waals surface area contributed by atoms with Crippen molar-refractivity contribution in [2.24, 2.45) is 0 Å². The summed E-state index contributed by atoms with van der Waals surface area (Å²) in [5.41, 5.74) is 1.64. The van der Waals surface area contributed by atoms with E-state index in [9.17, 15) is 14.7 Å². The number of rotatable bonds is 12. The van der Waals surface area contributed by atoms with Crippen molar-refractivity contribution in [1.29, 1.82) is 0 Å². The van der Waals surface area contributed by atoms with E-state index in [4.69, 9.17) is 19.3 Å². The molecule has 0 aliphatic heterocycles. The summed E-state index contributed by atoms with van der Waals surface area (Å²) < 4.78 is 16.9. The van der Waals surface area contributed by atoms with Crippen LogP contribution in [-0.2, 0) is 9.47 Å². The molecule has 2 rings (SSSR count). The Kier molecular flexibility index (Phi) is 9.96. The second-order valence-electron chi connectivity index (χ2n) is 6.74. The van der Waals surface area contributed by atoms with Crippen molar-refractivity contribution < 1.29 is 34.0 Å². The minimum absolute atomic E-state index is 0.0685. The van der Waals surface area contributed by atoms with Gasteiger partial charge in [0.1, 0.15) is 18.5 Å². The third kappa shape index (κ3) is 7.67. The molecule has 0 unspecified atom stereocenters. The number of hydrogen-bond acceptors (Lipinski definition) is 7. The van der Waals surface area contributed by atoms with Gasteiger partial charge in [0.15, 0.2) is 11.9 Å². The van der Waals surface area contributed by atoms with Crippen LogP contribution in [-0.4, -0.2) is 54.6 Å². The minimum atomic E-state index is -0.804. The Morgan fingerprint density at radius 2 is 1.81 bits per heavy atom. The first-order valence-corrected chi connectivity index (χ1v) is 10.1. The van der Waals surface area contributed by atoms with Gasteiger partial charge in [0, 0.05) is 30.9 Å². The number of carbonyl (C=O) groups is 2. The van der Waals surface area contributed by atoms with Crippen LogP contribution in [0.15, 0.2) is 48.5 Å². The van der Waals surface area contributed by atoms with Gasteiger partial charge in [-0.05, 0) is 55.8 Å². The maximum atomic E-state index is 12.6. The molecule has 0 saturated heterocycles. The van der Waals surface area contributed by atoms with E-state index in [-0.39, 0.29) is 32.0 Å². The summed E-state index contributed by atoms with van der Waals surface area (Å²) in [6, 6.07) is 13.4. The van der Waals surface area contributed by atoms with E-state index in [2.05, 4.69) is 5.32 Å². The number of amides is 1. The molecular formula is C23H29NO7. The molecule has 2 aromatic rings. The van der Waals surface area contributed by atoms with Gasteiger partial charge >= 0.3 is 6.09 Å². The first-order chi connectivity index (χ1) is 15.0. The largest absolute Gasteiger partial charge is 0.491 e. The predicted octanol–water partition coefficient (Wildman–Crippen LogP) is 3.34. The SMILES string of the molecule is CCO[C@@H](CCO)[C@@H](OC(=O)Nc1ccc(C(C)=O)cc1)c1cccc(OCCO)c1. The molecule has 168 valence electrons. The molecule has 0 aliphatic rings. The number of hydrogen-bond donors (Lipinski definition) is 3. The van der Waals surface area contributed by atoms with E-state index in [0.29, 0.717) is 29.2 Å². The molecule has 3 N–H and O–H groups in total. The maximum Gasteiger partial charge on any atom is 0.412 e. The van der Waals surface area contributed by atoms with Crippen LogP contribution in [0.3, 0.4) is 0 Å². The van der Waals surface area contributed by atoms with Gasteiger partial charge in [-0.25, -0.2) is 4.79 Å². The van der Waals surface area contributed by atoms with E-state index in [1.54, 1.807) is 48.5 Å². The lowest BCUT2D eigenvalue weighted by Crippen LogP contribution is -2.29. The zero-order chi connectivity index (χ0) is 22.6. The van der Waals surface area contributed by atoms with Gasteiger partial charge in [-0.1, -0.05) is 12.1 Å². The Labute approximate surface area is 181 Å². The summed E-state index contributed by atoms with van der Waals surface area (Å²) in [5.74, 6) is 0.445. The number of ether oxygens (including phenoxy) is 3. The van der Waals surface area contributed by atoms with Crippen molar-refractivity contribution in [1.82, 2.24) is 0 Å². The summed E-state index contributed by atoms with van der Waals surface area (Å²) in [6.07, 6.45) is -1.82. The molecule has 0 spiro atoms. The molecule has 8 nitrogen and oxygen atoms in total. The topological polar surface area (TPSA) is 114 Å². The molecule has 2 aromatic carbocycles. The zero-order valence-corrected chi connectivity index (χ0v) is 17.7. The Hall–Kier alpha value is -2.94. The maximum absolute atomic E-state index is 12.6. The van der Waals surface area contributed by atoms with E-state index < -0.39 is 18.3 Å². The number of Topliss-reactive ketones (excluding diaryl/α,β-unsaturated/α-hetero) is 1. The quantitative estimate of drug-likeness (QED) is 0.442. The summed E-state index contributed by atoms with van der Waals surface area (Å²) in [6.45, 7) is 3.53. The molecule has 0 aromatic heterocycles. The predicted molar refractivity (Wildman–Crippen MR) is 115 cm³/mol. The summed E-state index contributed by atoms with van der Waals surface area (Å²) >= 11 is 0. The lowest BCUT2D eigenvalue weighted by Gasteiger charge is -2.27. The number of ketones is 1. The van der Waals surface area contributed by atoms with Gasteiger partial charge in [-0.15, -0.1) is 0 Å². The lowest BCUT2D eigenvalue weighted by atomic mass is 10.0. The number of aliphatic hydroxyl groups excluding tert-OH is 2. The highest BCUT2D eigenvalue weighted by Crippen LogP contribution is 2.29. The number of nitrogens with one attached hydrogen (secondary N) is 1. The van der Waals surface area contributed by atoms with Gasteiger partial charge < -0.3 is 24.4 Å². The second-order valence-corrected chi connectivity index (χ2v) is 6.74. The van der Waals surface area contributed by atoms with Crippen molar-refractivity contribution >= 4 is 17.6 Å².